The van der Waals surface area contributed by atoms with Crippen molar-refractivity contribution in [1.29, 1.82) is 0 Å². The van der Waals surface area contributed by atoms with E-state index in [1.165, 1.54) is 6.07 Å². The van der Waals surface area contributed by atoms with Crippen molar-refractivity contribution in [2.45, 2.75) is 19.3 Å². The minimum absolute atomic E-state index is 0.0460. The van der Waals surface area contributed by atoms with Crippen LogP contribution in [0.25, 0.3) is 0 Å². The van der Waals surface area contributed by atoms with Gasteiger partial charge in [-0.05, 0) is 45.8 Å². The minimum Gasteiger partial charge on any atom is -0.489 e. The van der Waals surface area contributed by atoms with Gasteiger partial charge in [-0.1, -0.05) is 12.0 Å². The van der Waals surface area contributed by atoms with E-state index >= 15 is 0 Å². The first kappa shape index (κ1) is 21.2. The van der Waals surface area contributed by atoms with Crippen LogP contribution in [0.4, 0.5) is 17.6 Å². The van der Waals surface area contributed by atoms with E-state index in [0.717, 1.165) is 12.1 Å². The molecule has 0 radical (unpaired) electrons. The average molecular weight is 446 g/mol. The first-order chi connectivity index (χ1) is 12.8. The number of benzene rings is 2. The molecule has 2 rings (SSSR count). The van der Waals surface area contributed by atoms with Crippen molar-refractivity contribution in [1.82, 2.24) is 5.32 Å². The fourth-order valence-corrected chi connectivity index (χ4v) is 2.83. The molecule has 8 heteroatoms. The monoisotopic (exact) mass is 445 g/mol. The lowest BCUT2D eigenvalue weighted by Crippen LogP contribution is -2.18. The van der Waals surface area contributed by atoms with Crippen LogP contribution < -0.4 is 10.1 Å². The van der Waals surface area contributed by atoms with E-state index in [-0.39, 0.29) is 18.8 Å². The average Bonchev–Trinajstić information content (AvgIpc) is 2.61. The van der Waals surface area contributed by atoms with Crippen molar-refractivity contribution in [2.24, 2.45) is 0 Å². The second-order valence-electron chi connectivity index (χ2n) is 5.59. The van der Waals surface area contributed by atoms with Gasteiger partial charge >= 0.3 is 6.18 Å². The highest BCUT2D eigenvalue weighted by molar-refractivity contribution is 9.10. The molecule has 0 aliphatic rings. The molecule has 2 aromatic carbocycles. The zero-order valence-corrected chi connectivity index (χ0v) is 15.6. The second-order valence-corrected chi connectivity index (χ2v) is 6.44. The van der Waals surface area contributed by atoms with E-state index in [9.17, 15) is 17.6 Å². The van der Waals surface area contributed by atoms with Gasteiger partial charge in [0.05, 0.1) is 12.2 Å². The SMILES string of the molecule is C#Cc1cc(OCc2ccc(F)c(C(F)(F)F)c2)c(CNCCO)cc1Br. The number of hydrogen-bond donors (Lipinski definition) is 2. The molecule has 144 valence electrons. The maximum atomic E-state index is 13.4. The zero-order chi connectivity index (χ0) is 20.0. The number of hydrogen-bond acceptors (Lipinski definition) is 3. The standard InChI is InChI=1S/C19H16BrF4NO2/c1-2-13-9-18(14(8-16(13)20)10-25-5-6-26)27-11-12-3-4-17(21)15(7-12)19(22,23)24/h1,3-4,7-9,25-26H,5-6,10-11H2. The van der Waals surface area contributed by atoms with Crippen LogP contribution in [0.15, 0.2) is 34.8 Å². The highest BCUT2D eigenvalue weighted by atomic mass is 79.9. The number of alkyl halides is 3. The van der Waals surface area contributed by atoms with E-state index in [2.05, 4.69) is 27.2 Å². The summed E-state index contributed by atoms with van der Waals surface area (Å²) in [6, 6.07) is 6.05. The highest BCUT2D eigenvalue weighted by Crippen LogP contribution is 2.32. The molecule has 0 saturated carbocycles. The van der Waals surface area contributed by atoms with Crippen LogP contribution in [0.2, 0.25) is 0 Å². The Morgan fingerprint density at radius 3 is 2.59 bits per heavy atom. The minimum atomic E-state index is -4.78. The summed E-state index contributed by atoms with van der Waals surface area (Å²) >= 11 is 3.34. The Bertz CT molecular complexity index is 847. The molecule has 0 fully saturated rings. The predicted molar refractivity (Wildman–Crippen MR) is 96.6 cm³/mol. The third kappa shape index (κ3) is 5.70. The van der Waals surface area contributed by atoms with Crippen LogP contribution in [0.1, 0.15) is 22.3 Å². The van der Waals surface area contributed by atoms with E-state index in [4.69, 9.17) is 16.3 Å². The number of rotatable bonds is 7. The van der Waals surface area contributed by atoms with Gasteiger partial charge in [0.25, 0.3) is 0 Å². The Hall–Kier alpha value is -2.08. The summed E-state index contributed by atoms with van der Waals surface area (Å²) in [6.07, 6.45) is 0.648. The summed E-state index contributed by atoms with van der Waals surface area (Å²) in [7, 11) is 0. The number of aliphatic hydroxyl groups excluding tert-OH is 1. The lowest BCUT2D eigenvalue weighted by atomic mass is 10.1. The Labute approximate surface area is 162 Å². The lowest BCUT2D eigenvalue weighted by molar-refractivity contribution is -0.140. The maximum absolute atomic E-state index is 13.4. The highest BCUT2D eigenvalue weighted by Gasteiger charge is 2.34. The Morgan fingerprint density at radius 2 is 1.96 bits per heavy atom. The van der Waals surface area contributed by atoms with E-state index in [0.29, 0.717) is 34.4 Å². The fraction of sp³-hybridized carbons (Fsp3) is 0.263. The molecular weight excluding hydrogens is 430 g/mol. The third-order valence-electron chi connectivity index (χ3n) is 3.64. The fourth-order valence-electron chi connectivity index (χ4n) is 2.32. The molecule has 27 heavy (non-hydrogen) atoms. The summed E-state index contributed by atoms with van der Waals surface area (Å²) in [6.45, 7) is 0.481. The molecule has 0 spiro atoms. The third-order valence-corrected chi connectivity index (χ3v) is 4.30. The van der Waals surface area contributed by atoms with Crippen LogP contribution in [0.3, 0.4) is 0 Å². The van der Waals surface area contributed by atoms with Gasteiger partial charge in [-0.3, -0.25) is 0 Å². The van der Waals surface area contributed by atoms with Crippen molar-refractivity contribution < 1.29 is 27.4 Å². The Morgan fingerprint density at radius 1 is 1.22 bits per heavy atom. The Kier molecular flexibility index (Phi) is 7.25. The predicted octanol–water partition coefficient (Wildman–Crippen LogP) is 4.25. The zero-order valence-electron chi connectivity index (χ0n) is 14.0. The number of aliphatic hydroxyl groups is 1. The second kappa shape index (κ2) is 9.22. The number of ether oxygens (including phenoxy) is 1. The molecule has 2 N–H and O–H groups in total. The molecular formula is C19H16BrF4NO2. The molecule has 0 aromatic heterocycles. The largest absolute Gasteiger partial charge is 0.489 e. The van der Waals surface area contributed by atoms with Crippen molar-refractivity contribution in [3.63, 3.8) is 0 Å². The first-order valence-electron chi connectivity index (χ1n) is 7.85. The molecule has 0 heterocycles. The van der Waals surface area contributed by atoms with E-state index < -0.39 is 17.6 Å². The van der Waals surface area contributed by atoms with Crippen LogP contribution >= 0.6 is 15.9 Å². The van der Waals surface area contributed by atoms with Crippen molar-refractivity contribution >= 4 is 15.9 Å². The lowest BCUT2D eigenvalue weighted by Gasteiger charge is -2.15. The number of halogens is 5. The Balaban J connectivity index is 2.25. The van der Waals surface area contributed by atoms with Crippen LogP contribution in [-0.4, -0.2) is 18.3 Å². The van der Waals surface area contributed by atoms with Gasteiger partial charge in [-0.2, -0.15) is 13.2 Å². The molecule has 0 saturated heterocycles. The van der Waals surface area contributed by atoms with E-state index in [1.54, 1.807) is 12.1 Å². The molecule has 0 aliphatic heterocycles. The summed E-state index contributed by atoms with van der Waals surface area (Å²) in [5.41, 5.74) is 0.0511. The van der Waals surface area contributed by atoms with Gasteiger partial charge in [0.1, 0.15) is 18.2 Å². The molecule has 3 nitrogen and oxygen atoms in total. The molecule has 0 unspecified atom stereocenters. The quantitative estimate of drug-likeness (QED) is 0.380. The van der Waals surface area contributed by atoms with E-state index in [1.807, 2.05) is 0 Å². The van der Waals surface area contributed by atoms with Crippen LogP contribution in [0, 0.1) is 18.2 Å². The van der Waals surface area contributed by atoms with Crippen LogP contribution in [0.5, 0.6) is 5.75 Å². The van der Waals surface area contributed by atoms with Gasteiger partial charge < -0.3 is 15.2 Å². The summed E-state index contributed by atoms with van der Waals surface area (Å²) < 4.78 is 58.2. The maximum Gasteiger partial charge on any atom is 0.419 e. The number of nitrogens with one attached hydrogen (secondary N) is 1. The summed E-state index contributed by atoms with van der Waals surface area (Å²) in [4.78, 5) is 0. The van der Waals surface area contributed by atoms with Gasteiger partial charge in [0, 0.05) is 28.7 Å². The molecule has 0 atom stereocenters. The molecule has 0 aliphatic carbocycles. The molecule has 0 amide bonds. The topological polar surface area (TPSA) is 41.5 Å². The molecule has 0 bridgehead atoms. The summed E-state index contributed by atoms with van der Waals surface area (Å²) in [5.74, 6) is 1.53. The molecule has 2 aromatic rings. The van der Waals surface area contributed by atoms with Crippen LogP contribution in [-0.2, 0) is 19.3 Å². The van der Waals surface area contributed by atoms with Gasteiger partial charge in [0.2, 0.25) is 0 Å². The number of terminal acetylenes is 1. The smallest absolute Gasteiger partial charge is 0.419 e. The van der Waals surface area contributed by atoms with Crippen molar-refractivity contribution in [3.05, 3.63) is 62.9 Å². The van der Waals surface area contributed by atoms with Gasteiger partial charge in [0.15, 0.2) is 0 Å². The van der Waals surface area contributed by atoms with Crippen molar-refractivity contribution in [3.8, 4) is 18.1 Å². The normalized spacial score (nSPS) is 11.3. The van der Waals surface area contributed by atoms with Crippen molar-refractivity contribution in [2.75, 3.05) is 13.2 Å². The first-order valence-corrected chi connectivity index (χ1v) is 8.64. The summed E-state index contributed by atoms with van der Waals surface area (Å²) in [5, 5.41) is 11.9. The van der Waals surface area contributed by atoms with Gasteiger partial charge in [-0.25, -0.2) is 4.39 Å². The van der Waals surface area contributed by atoms with Gasteiger partial charge in [-0.15, -0.1) is 6.42 Å².